The van der Waals surface area contributed by atoms with E-state index in [2.05, 4.69) is 11.6 Å². The Bertz CT molecular complexity index is 108. The lowest BCUT2D eigenvalue weighted by Crippen LogP contribution is -1.81. The van der Waals surface area contributed by atoms with Gasteiger partial charge in [-0.15, -0.1) is 0 Å². The third kappa shape index (κ3) is 5.36. The van der Waals surface area contributed by atoms with Crippen LogP contribution in [0.3, 0.4) is 0 Å². The summed E-state index contributed by atoms with van der Waals surface area (Å²) in [5.41, 5.74) is 0. The molecule has 0 aromatic carbocycles. The lowest BCUT2D eigenvalue weighted by atomic mass is 11.0. The monoisotopic (exact) mass is 125 g/mol. The smallest absolute Gasteiger partial charge is 0.259 e. The lowest BCUT2D eigenvalue weighted by molar-refractivity contribution is -0.403. The molecule has 40 valence electrons. The Labute approximate surface area is 43.5 Å². The van der Waals surface area contributed by atoms with Gasteiger partial charge in [-0.3, -0.25) is 10.1 Å². The number of nitro groups is 1. The van der Waals surface area contributed by atoms with Crippen LogP contribution in [0.5, 0.6) is 0 Å². The fourth-order valence-electron chi connectivity index (χ4n) is 0.0797. The number of nitrogens with zero attached hydrogens (tertiary/aromatic N) is 1. The van der Waals surface area contributed by atoms with E-state index in [1.54, 1.807) is 0 Å². The maximum atomic E-state index is 11.1. The van der Waals surface area contributed by atoms with Crippen LogP contribution >= 0.6 is 11.6 Å². The second kappa shape index (κ2) is 2.52. The maximum Gasteiger partial charge on any atom is 0.281 e. The van der Waals surface area contributed by atoms with Gasteiger partial charge in [-0.25, -0.2) is 0 Å². The molecule has 0 aromatic heterocycles. The van der Waals surface area contributed by atoms with Crippen LogP contribution in [0.25, 0.3) is 0 Å². The molecule has 0 aliphatic carbocycles. The molecule has 0 atom stereocenters. The molecule has 0 aliphatic rings. The molecule has 0 spiro atoms. The van der Waals surface area contributed by atoms with E-state index in [0.29, 0.717) is 0 Å². The molecular formula is C2HClFNO2. The molecule has 0 saturated carbocycles. The molecule has 0 aromatic rings. The van der Waals surface area contributed by atoms with E-state index in [1.807, 2.05) is 0 Å². The molecule has 0 amide bonds. The fourth-order valence-corrected chi connectivity index (χ4v) is 0.159. The van der Waals surface area contributed by atoms with Crippen LogP contribution in [-0.2, 0) is 0 Å². The predicted octanol–water partition coefficient (Wildman–Crippen LogP) is 1.27. The first kappa shape index (κ1) is 6.36. The minimum atomic E-state index is -1.31. The number of halogens is 2. The van der Waals surface area contributed by atoms with Crippen molar-refractivity contribution < 1.29 is 9.31 Å². The van der Waals surface area contributed by atoms with Crippen LogP contribution < -0.4 is 0 Å². The molecule has 7 heavy (non-hydrogen) atoms. The Morgan fingerprint density at radius 2 is 2.43 bits per heavy atom. The normalized spacial score (nSPS) is 11.4. The van der Waals surface area contributed by atoms with Gasteiger partial charge in [0, 0.05) is 0 Å². The fraction of sp³-hybridized carbons (Fsp3) is 0. The van der Waals surface area contributed by atoms with E-state index in [0.717, 1.165) is 0 Å². The van der Waals surface area contributed by atoms with E-state index in [1.165, 1.54) is 0 Å². The van der Waals surface area contributed by atoms with Crippen molar-refractivity contribution in [1.82, 2.24) is 0 Å². The van der Waals surface area contributed by atoms with Crippen LogP contribution in [0.1, 0.15) is 0 Å². The van der Waals surface area contributed by atoms with Gasteiger partial charge in [-0.05, 0) is 11.6 Å². The van der Waals surface area contributed by atoms with Crippen LogP contribution in [0, 0.1) is 10.1 Å². The van der Waals surface area contributed by atoms with Gasteiger partial charge < -0.3 is 0 Å². The van der Waals surface area contributed by atoms with E-state index < -0.39 is 10.2 Å². The highest BCUT2D eigenvalue weighted by Gasteiger charge is 1.91. The van der Waals surface area contributed by atoms with Gasteiger partial charge >= 0.3 is 0 Å². The van der Waals surface area contributed by atoms with Gasteiger partial charge in [-0.1, -0.05) is 0 Å². The second-order valence-corrected chi connectivity index (χ2v) is 1.07. The number of rotatable bonds is 1. The number of hydrogen-bond acceptors (Lipinski definition) is 2. The lowest BCUT2D eigenvalue weighted by Gasteiger charge is -1.72. The Kier molecular flexibility index (Phi) is 2.29. The van der Waals surface area contributed by atoms with Gasteiger partial charge in [0.1, 0.15) is 0 Å². The average Bonchev–Trinajstić information content (AvgIpc) is 1.27. The third-order valence-corrected chi connectivity index (χ3v) is 0.301. The molecule has 0 radical (unpaired) electrons. The summed E-state index contributed by atoms with van der Waals surface area (Å²) in [6.45, 7) is 0. The van der Waals surface area contributed by atoms with Gasteiger partial charge in [0.2, 0.25) is 0 Å². The first-order valence-corrected chi connectivity index (χ1v) is 1.67. The Hall–Kier alpha value is -0.640. The second-order valence-electron chi connectivity index (χ2n) is 0.704. The molecule has 0 bridgehead atoms. The summed E-state index contributed by atoms with van der Waals surface area (Å²) < 4.78 is 11.1. The molecule has 0 aliphatic heterocycles. The number of hydrogen-bond donors (Lipinski definition) is 0. The summed E-state index contributed by atoms with van der Waals surface area (Å²) in [5, 5.41) is 7.90. The van der Waals surface area contributed by atoms with Crippen molar-refractivity contribution in [3.63, 3.8) is 0 Å². The van der Waals surface area contributed by atoms with Crippen LogP contribution in [0.2, 0.25) is 0 Å². The van der Waals surface area contributed by atoms with Gasteiger partial charge in [0.15, 0.2) is 0 Å². The van der Waals surface area contributed by atoms with Crippen molar-refractivity contribution in [1.29, 1.82) is 0 Å². The van der Waals surface area contributed by atoms with E-state index >= 15 is 0 Å². The highest BCUT2D eigenvalue weighted by atomic mass is 35.5. The van der Waals surface area contributed by atoms with Crippen molar-refractivity contribution in [3.8, 4) is 0 Å². The van der Waals surface area contributed by atoms with E-state index in [-0.39, 0.29) is 6.20 Å². The van der Waals surface area contributed by atoms with Gasteiger partial charge in [0.05, 0.1) is 4.92 Å². The SMILES string of the molecule is O=[N+]([O-])C=C(F)Cl. The highest BCUT2D eigenvalue weighted by molar-refractivity contribution is 6.27. The molecule has 5 heteroatoms. The quantitative estimate of drug-likeness (QED) is 0.391. The molecule has 3 nitrogen and oxygen atoms in total. The summed E-state index contributed by atoms with van der Waals surface area (Å²) in [4.78, 5) is 8.24. The third-order valence-electron chi connectivity index (χ3n) is 0.203. The molecule has 0 fully saturated rings. The van der Waals surface area contributed by atoms with Crippen molar-refractivity contribution in [2.24, 2.45) is 0 Å². The van der Waals surface area contributed by atoms with Gasteiger partial charge in [-0.2, -0.15) is 4.39 Å². The van der Waals surface area contributed by atoms with Crippen molar-refractivity contribution in [2.75, 3.05) is 0 Å². The summed E-state index contributed by atoms with van der Waals surface area (Å²) in [7, 11) is 0. The minimum absolute atomic E-state index is 0.0710. The zero-order valence-electron chi connectivity index (χ0n) is 3.10. The van der Waals surface area contributed by atoms with E-state index in [4.69, 9.17) is 0 Å². The van der Waals surface area contributed by atoms with Gasteiger partial charge in [0.25, 0.3) is 11.5 Å². The van der Waals surface area contributed by atoms with Crippen molar-refractivity contribution in [3.05, 3.63) is 21.6 Å². The van der Waals surface area contributed by atoms with Crippen LogP contribution in [-0.4, -0.2) is 4.92 Å². The molecule has 0 saturated heterocycles. The maximum absolute atomic E-state index is 11.1. The molecule has 0 unspecified atom stereocenters. The highest BCUT2D eigenvalue weighted by Crippen LogP contribution is 1.99. The largest absolute Gasteiger partial charge is 0.281 e. The topological polar surface area (TPSA) is 43.1 Å². The predicted molar refractivity (Wildman–Crippen MR) is 22.0 cm³/mol. The summed E-state index contributed by atoms with van der Waals surface area (Å²) >= 11 is 4.43. The van der Waals surface area contributed by atoms with Crippen molar-refractivity contribution >= 4 is 11.6 Å². The van der Waals surface area contributed by atoms with Crippen molar-refractivity contribution in [2.45, 2.75) is 0 Å². The summed E-state index contributed by atoms with van der Waals surface area (Å²) in [6.07, 6.45) is 0.0710. The molecule has 0 N–H and O–H groups in total. The Balaban J connectivity index is 3.68. The molecule has 0 heterocycles. The van der Waals surface area contributed by atoms with Crippen LogP contribution in [0.15, 0.2) is 11.5 Å². The van der Waals surface area contributed by atoms with E-state index in [9.17, 15) is 14.5 Å². The summed E-state index contributed by atoms with van der Waals surface area (Å²) in [5.74, 6) is 0. The molecular weight excluding hydrogens is 124 g/mol. The standard InChI is InChI=1S/C2HClFNO2/c3-2(4)1-5(6)7/h1H. The Morgan fingerprint density at radius 3 is 2.43 bits per heavy atom. The Morgan fingerprint density at radius 1 is 2.00 bits per heavy atom. The summed E-state index contributed by atoms with van der Waals surface area (Å²) in [6, 6.07) is 0. The van der Waals surface area contributed by atoms with Crippen LogP contribution in [0.4, 0.5) is 4.39 Å². The first-order valence-electron chi connectivity index (χ1n) is 1.29. The molecule has 0 rings (SSSR count). The zero-order chi connectivity index (χ0) is 5.86. The first-order chi connectivity index (χ1) is 3.13. The minimum Gasteiger partial charge on any atom is -0.259 e. The average molecular weight is 125 g/mol. The zero-order valence-corrected chi connectivity index (χ0v) is 3.85.